The molecule has 5 heteroatoms. The highest BCUT2D eigenvalue weighted by molar-refractivity contribution is 7.09. The Morgan fingerprint density at radius 1 is 1.71 bits per heavy atom. The average Bonchev–Trinajstić information content (AvgIpc) is 2.69. The number of rotatable bonds is 5. The van der Waals surface area contributed by atoms with Crippen molar-refractivity contribution < 1.29 is 9.53 Å². The first-order chi connectivity index (χ1) is 6.76. The van der Waals surface area contributed by atoms with Gasteiger partial charge in [0.1, 0.15) is 0 Å². The van der Waals surface area contributed by atoms with Crippen LogP contribution in [0.1, 0.15) is 11.8 Å². The molecule has 0 amide bonds. The summed E-state index contributed by atoms with van der Waals surface area (Å²) in [6.07, 6.45) is 1.82. The third kappa shape index (κ3) is 3.43. The Kier molecular flexibility index (Phi) is 4.55. The first kappa shape index (κ1) is 11.1. The average molecular weight is 214 g/mol. The minimum absolute atomic E-state index is 0.198. The van der Waals surface area contributed by atoms with Gasteiger partial charge in [0.15, 0.2) is 0 Å². The fourth-order valence-corrected chi connectivity index (χ4v) is 1.70. The number of hydrogen-bond acceptors (Lipinski definition) is 5. The molecule has 0 saturated carbocycles. The molecule has 0 unspecified atom stereocenters. The first-order valence-corrected chi connectivity index (χ1v) is 5.30. The first-order valence-electron chi connectivity index (χ1n) is 4.42. The number of methoxy groups -OCH3 is 1. The van der Waals surface area contributed by atoms with Crippen LogP contribution in [0.15, 0.2) is 11.7 Å². The fourth-order valence-electron chi connectivity index (χ4n) is 1.07. The summed E-state index contributed by atoms with van der Waals surface area (Å²) in [6.45, 7) is 3.94. The van der Waals surface area contributed by atoms with Gasteiger partial charge in [-0.2, -0.15) is 0 Å². The lowest BCUT2D eigenvalue weighted by Gasteiger charge is -2.17. The van der Waals surface area contributed by atoms with Crippen molar-refractivity contribution in [1.29, 1.82) is 0 Å². The Bertz CT molecular complexity index is 274. The van der Waals surface area contributed by atoms with E-state index >= 15 is 0 Å². The Hall–Kier alpha value is -0.940. The minimum Gasteiger partial charge on any atom is -0.468 e. The highest BCUT2D eigenvalue weighted by Gasteiger charge is 2.09. The van der Waals surface area contributed by atoms with Crippen molar-refractivity contribution in [3.8, 4) is 0 Å². The zero-order valence-electron chi connectivity index (χ0n) is 8.40. The van der Waals surface area contributed by atoms with E-state index in [0.717, 1.165) is 18.0 Å². The Morgan fingerprint density at radius 3 is 3.00 bits per heavy atom. The summed E-state index contributed by atoms with van der Waals surface area (Å²) in [5.74, 6) is -0.198. The number of thiazole rings is 1. The van der Waals surface area contributed by atoms with Gasteiger partial charge in [-0.05, 0) is 6.54 Å². The molecule has 0 atom stereocenters. The van der Waals surface area contributed by atoms with Crippen LogP contribution in [0.2, 0.25) is 0 Å². The highest BCUT2D eigenvalue weighted by atomic mass is 32.1. The van der Waals surface area contributed by atoms with Gasteiger partial charge < -0.3 is 4.74 Å². The Morgan fingerprint density at radius 2 is 2.50 bits per heavy atom. The van der Waals surface area contributed by atoms with E-state index < -0.39 is 0 Å². The van der Waals surface area contributed by atoms with Crippen LogP contribution in [0.25, 0.3) is 0 Å². The van der Waals surface area contributed by atoms with Gasteiger partial charge in [0.25, 0.3) is 0 Å². The second kappa shape index (κ2) is 5.72. The van der Waals surface area contributed by atoms with Gasteiger partial charge in [0.05, 0.1) is 19.2 Å². The summed E-state index contributed by atoms with van der Waals surface area (Å²) in [6, 6.07) is 0. The molecule has 1 heterocycles. The number of carbonyl (C=O) groups is 1. The summed E-state index contributed by atoms with van der Waals surface area (Å²) in [7, 11) is 1.41. The predicted octanol–water partition coefficient (Wildman–Crippen LogP) is 1.14. The Balaban J connectivity index is 2.43. The van der Waals surface area contributed by atoms with E-state index in [1.54, 1.807) is 16.8 Å². The smallest absolute Gasteiger partial charge is 0.319 e. The van der Waals surface area contributed by atoms with E-state index in [1.807, 2.05) is 18.0 Å². The molecule has 0 aliphatic rings. The molecule has 0 aromatic carbocycles. The molecule has 0 bridgehead atoms. The number of ether oxygens (including phenoxy) is 1. The quantitative estimate of drug-likeness (QED) is 0.689. The number of aromatic nitrogens is 1. The summed E-state index contributed by atoms with van der Waals surface area (Å²) in [5.41, 5.74) is 1.79. The van der Waals surface area contributed by atoms with Crippen molar-refractivity contribution in [1.82, 2.24) is 9.88 Å². The lowest BCUT2D eigenvalue weighted by Crippen LogP contribution is -2.29. The summed E-state index contributed by atoms with van der Waals surface area (Å²) in [5, 5.41) is 0. The zero-order valence-corrected chi connectivity index (χ0v) is 9.21. The van der Waals surface area contributed by atoms with Crippen LogP contribution < -0.4 is 0 Å². The van der Waals surface area contributed by atoms with E-state index in [2.05, 4.69) is 9.72 Å². The molecule has 0 N–H and O–H groups in total. The molecule has 78 valence electrons. The van der Waals surface area contributed by atoms with Crippen molar-refractivity contribution in [2.75, 3.05) is 20.2 Å². The number of carbonyl (C=O) groups excluding carboxylic acids is 1. The van der Waals surface area contributed by atoms with Crippen molar-refractivity contribution in [2.45, 2.75) is 13.5 Å². The van der Waals surface area contributed by atoms with Gasteiger partial charge in [0, 0.05) is 17.6 Å². The molecule has 0 spiro atoms. The van der Waals surface area contributed by atoms with Crippen molar-refractivity contribution in [3.63, 3.8) is 0 Å². The molecular weight excluding hydrogens is 200 g/mol. The largest absolute Gasteiger partial charge is 0.468 e. The second-order valence-corrected chi connectivity index (χ2v) is 3.82. The third-order valence-corrected chi connectivity index (χ3v) is 2.65. The van der Waals surface area contributed by atoms with Gasteiger partial charge in [-0.3, -0.25) is 14.7 Å². The number of nitrogens with zero attached hydrogens (tertiary/aromatic N) is 2. The molecule has 1 aromatic heterocycles. The highest BCUT2D eigenvalue weighted by Crippen LogP contribution is 2.08. The van der Waals surface area contributed by atoms with Crippen molar-refractivity contribution >= 4 is 17.3 Å². The van der Waals surface area contributed by atoms with E-state index in [1.165, 1.54) is 7.11 Å². The van der Waals surface area contributed by atoms with Gasteiger partial charge in [0.2, 0.25) is 0 Å². The lowest BCUT2D eigenvalue weighted by atomic mass is 10.4. The SMILES string of the molecule is CCN(CC(=O)OC)Cc1cncs1. The van der Waals surface area contributed by atoms with Crippen LogP contribution >= 0.6 is 11.3 Å². The van der Waals surface area contributed by atoms with Crippen LogP contribution in [0.4, 0.5) is 0 Å². The van der Waals surface area contributed by atoms with Crippen molar-refractivity contribution in [2.24, 2.45) is 0 Å². The summed E-state index contributed by atoms with van der Waals surface area (Å²) < 4.78 is 4.61. The van der Waals surface area contributed by atoms with Gasteiger partial charge >= 0.3 is 5.97 Å². The fraction of sp³-hybridized carbons (Fsp3) is 0.556. The van der Waals surface area contributed by atoms with E-state index in [4.69, 9.17) is 0 Å². The number of likely N-dealkylation sites (N-methyl/N-ethyl adjacent to an activating group) is 1. The van der Waals surface area contributed by atoms with Crippen LogP contribution in [-0.2, 0) is 16.1 Å². The number of esters is 1. The van der Waals surface area contributed by atoms with E-state index in [0.29, 0.717) is 6.54 Å². The molecule has 0 aliphatic heterocycles. The van der Waals surface area contributed by atoms with E-state index in [9.17, 15) is 4.79 Å². The maximum Gasteiger partial charge on any atom is 0.319 e. The molecule has 14 heavy (non-hydrogen) atoms. The maximum atomic E-state index is 11.0. The summed E-state index contributed by atoms with van der Waals surface area (Å²) >= 11 is 1.60. The van der Waals surface area contributed by atoms with Crippen LogP contribution in [0.3, 0.4) is 0 Å². The minimum atomic E-state index is -0.198. The molecule has 4 nitrogen and oxygen atoms in total. The van der Waals surface area contributed by atoms with Crippen LogP contribution in [0.5, 0.6) is 0 Å². The van der Waals surface area contributed by atoms with Crippen LogP contribution in [-0.4, -0.2) is 36.1 Å². The van der Waals surface area contributed by atoms with Gasteiger partial charge in [-0.15, -0.1) is 11.3 Å². The Labute approximate surface area is 87.5 Å². The lowest BCUT2D eigenvalue weighted by molar-refractivity contribution is -0.142. The molecule has 0 saturated heterocycles. The monoisotopic (exact) mass is 214 g/mol. The topological polar surface area (TPSA) is 42.4 Å². The van der Waals surface area contributed by atoms with Gasteiger partial charge in [-0.1, -0.05) is 6.92 Å². The molecule has 1 rings (SSSR count). The second-order valence-electron chi connectivity index (χ2n) is 2.85. The third-order valence-electron chi connectivity index (χ3n) is 1.89. The van der Waals surface area contributed by atoms with E-state index in [-0.39, 0.29) is 5.97 Å². The molecule has 1 aromatic rings. The molecule has 0 fully saturated rings. The maximum absolute atomic E-state index is 11.0. The standard InChI is InChI=1S/C9H14N2O2S/c1-3-11(6-9(12)13-2)5-8-4-10-7-14-8/h4,7H,3,5-6H2,1-2H3. The van der Waals surface area contributed by atoms with Crippen LogP contribution in [0, 0.1) is 0 Å². The normalized spacial score (nSPS) is 10.5. The molecule has 0 radical (unpaired) electrons. The molecular formula is C9H14N2O2S. The number of hydrogen-bond donors (Lipinski definition) is 0. The summed E-state index contributed by atoms with van der Waals surface area (Å²) in [4.78, 5) is 18.2. The predicted molar refractivity (Wildman–Crippen MR) is 55.1 cm³/mol. The zero-order chi connectivity index (χ0) is 10.4. The van der Waals surface area contributed by atoms with Crippen molar-refractivity contribution in [3.05, 3.63) is 16.6 Å². The van der Waals surface area contributed by atoms with Gasteiger partial charge in [-0.25, -0.2) is 0 Å². The molecule has 0 aliphatic carbocycles.